The molecule has 0 rings (SSSR count). The Bertz CT molecular complexity index is 176. The number of carbonyl (C=O) groups is 1. The molecule has 0 spiro atoms. The van der Waals surface area contributed by atoms with Gasteiger partial charge in [-0.05, 0) is 12.3 Å². The van der Waals surface area contributed by atoms with Crippen LogP contribution in [0.25, 0.3) is 0 Å². The van der Waals surface area contributed by atoms with Crippen LogP contribution in [0.1, 0.15) is 27.2 Å². The van der Waals surface area contributed by atoms with Crippen molar-refractivity contribution in [3.8, 4) is 0 Å². The van der Waals surface area contributed by atoms with E-state index in [1.54, 1.807) is 0 Å². The predicted octanol–water partition coefficient (Wildman–Crippen LogP) is 1.09. The zero-order valence-corrected chi connectivity index (χ0v) is 8.58. The largest absolute Gasteiger partial charge is 0.389 e. The highest BCUT2D eigenvalue weighted by atomic mass is 16.3. The standard InChI is InChI=1S/C10H19NO2/c1-4-9(12)5-6-10(13)11-7-8(2)3/h5-6,8-9,12H,4,7H2,1-3H3,(H,11,13)/b6-5+/t9-/m1/s1. The highest BCUT2D eigenvalue weighted by Gasteiger charge is 1.98. The van der Waals surface area contributed by atoms with Crippen LogP contribution in [0.15, 0.2) is 12.2 Å². The van der Waals surface area contributed by atoms with Gasteiger partial charge in [0.1, 0.15) is 0 Å². The summed E-state index contributed by atoms with van der Waals surface area (Å²) >= 11 is 0. The van der Waals surface area contributed by atoms with Crippen molar-refractivity contribution in [1.82, 2.24) is 5.32 Å². The molecule has 1 amide bonds. The van der Waals surface area contributed by atoms with E-state index in [4.69, 9.17) is 5.11 Å². The topological polar surface area (TPSA) is 49.3 Å². The average molecular weight is 185 g/mol. The van der Waals surface area contributed by atoms with E-state index in [1.807, 2.05) is 20.8 Å². The quantitative estimate of drug-likeness (QED) is 0.630. The number of aliphatic hydroxyl groups excluding tert-OH is 1. The highest BCUT2D eigenvalue weighted by Crippen LogP contribution is 1.92. The van der Waals surface area contributed by atoms with Crippen molar-refractivity contribution in [2.24, 2.45) is 5.92 Å². The van der Waals surface area contributed by atoms with Gasteiger partial charge in [0.25, 0.3) is 0 Å². The SMILES string of the molecule is CC[C@@H](O)/C=C/C(=O)NCC(C)C. The molecule has 0 unspecified atom stereocenters. The van der Waals surface area contributed by atoms with Crippen molar-refractivity contribution in [3.63, 3.8) is 0 Å². The van der Waals surface area contributed by atoms with Crippen LogP contribution < -0.4 is 5.32 Å². The minimum Gasteiger partial charge on any atom is -0.389 e. The molecule has 3 heteroatoms. The smallest absolute Gasteiger partial charge is 0.243 e. The van der Waals surface area contributed by atoms with Crippen molar-refractivity contribution >= 4 is 5.91 Å². The van der Waals surface area contributed by atoms with Crippen molar-refractivity contribution in [2.45, 2.75) is 33.3 Å². The average Bonchev–Trinajstić information content (AvgIpc) is 2.10. The molecule has 0 fully saturated rings. The summed E-state index contributed by atoms with van der Waals surface area (Å²) < 4.78 is 0. The first kappa shape index (κ1) is 12.2. The molecule has 2 N–H and O–H groups in total. The Hall–Kier alpha value is -0.830. The Kier molecular flexibility index (Phi) is 6.24. The lowest BCUT2D eigenvalue weighted by Crippen LogP contribution is -2.25. The normalized spacial score (nSPS) is 13.6. The van der Waals surface area contributed by atoms with Gasteiger partial charge in [-0.25, -0.2) is 0 Å². The fraction of sp³-hybridized carbons (Fsp3) is 0.700. The number of hydrogen-bond acceptors (Lipinski definition) is 2. The molecule has 0 aliphatic rings. The van der Waals surface area contributed by atoms with Crippen LogP contribution in [0.2, 0.25) is 0 Å². The summed E-state index contributed by atoms with van der Waals surface area (Å²) in [4.78, 5) is 11.1. The van der Waals surface area contributed by atoms with Gasteiger partial charge in [-0.1, -0.05) is 26.8 Å². The maximum Gasteiger partial charge on any atom is 0.243 e. The van der Waals surface area contributed by atoms with Crippen LogP contribution >= 0.6 is 0 Å². The molecular weight excluding hydrogens is 166 g/mol. The van der Waals surface area contributed by atoms with Gasteiger partial charge in [-0.3, -0.25) is 4.79 Å². The minimum atomic E-state index is -0.509. The minimum absolute atomic E-state index is 0.138. The highest BCUT2D eigenvalue weighted by molar-refractivity contribution is 5.87. The van der Waals surface area contributed by atoms with E-state index < -0.39 is 6.10 Å². The Morgan fingerprint density at radius 1 is 1.54 bits per heavy atom. The van der Waals surface area contributed by atoms with Crippen molar-refractivity contribution in [3.05, 3.63) is 12.2 Å². The number of hydrogen-bond donors (Lipinski definition) is 2. The Labute approximate surface area is 79.8 Å². The second-order valence-electron chi connectivity index (χ2n) is 3.47. The second-order valence-corrected chi connectivity index (χ2v) is 3.47. The van der Waals surface area contributed by atoms with Crippen molar-refractivity contribution < 1.29 is 9.90 Å². The molecule has 0 saturated carbocycles. The lowest BCUT2D eigenvalue weighted by Gasteiger charge is -2.04. The van der Waals surface area contributed by atoms with E-state index in [9.17, 15) is 4.79 Å². The lowest BCUT2D eigenvalue weighted by molar-refractivity contribution is -0.116. The zero-order valence-electron chi connectivity index (χ0n) is 8.58. The van der Waals surface area contributed by atoms with Gasteiger partial charge < -0.3 is 10.4 Å². The van der Waals surface area contributed by atoms with Gasteiger partial charge >= 0.3 is 0 Å². The van der Waals surface area contributed by atoms with E-state index in [0.29, 0.717) is 18.9 Å². The fourth-order valence-corrected chi connectivity index (χ4v) is 0.698. The molecule has 0 heterocycles. The molecule has 0 aliphatic carbocycles. The van der Waals surface area contributed by atoms with Gasteiger partial charge in [-0.2, -0.15) is 0 Å². The van der Waals surface area contributed by atoms with E-state index in [-0.39, 0.29) is 5.91 Å². The third-order valence-corrected chi connectivity index (χ3v) is 1.57. The van der Waals surface area contributed by atoms with Gasteiger partial charge in [0.2, 0.25) is 5.91 Å². The number of rotatable bonds is 5. The Morgan fingerprint density at radius 2 is 2.15 bits per heavy atom. The summed E-state index contributed by atoms with van der Waals surface area (Å²) in [5.74, 6) is 0.314. The second kappa shape index (κ2) is 6.66. The van der Waals surface area contributed by atoms with Gasteiger partial charge in [-0.15, -0.1) is 0 Å². The first-order valence-corrected chi connectivity index (χ1v) is 4.70. The summed E-state index contributed by atoms with van der Waals surface area (Å²) in [5.41, 5.74) is 0. The molecule has 76 valence electrons. The number of aliphatic hydroxyl groups is 1. The molecule has 0 bridgehead atoms. The zero-order chi connectivity index (χ0) is 10.3. The first-order valence-electron chi connectivity index (χ1n) is 4.70. The van der Waals surface area contributed by atoms with E-state index in [0.717, 1.165) is 0 Å². The number of carbonyl (C=O) groups excluding carboxylic acids is 1. The Balaban J connectivity index is 3.67. The monoisotopic (exact) mass is 185 g/mol. The fourth-order valence-electron chi connectivity index (χ4n) is 0.698. The molecule has 0 aromatic rings. The van der Waals surface area contributed by atoms with Crippen LogP contribution in [0.4, 0.5) is 0 Å². The number of amides is 1. The molecular formula is C10H19NO2. The summed E-state index contributed by atoms with van der Waals surface area (Å²) in [6.07, 6.45) is 3.02. The van der Waals surface area contributed by atoms with Crippen molar-refractivity contribution in [2.75, 3.05) is 6.54 Å². The van der Waals surface area contributed by atoms with Crippen LogP contribution in [0.5, 0.6) is 0 Å². The number of nitrogens with one attached hydrogen (secondary N) is 1. The van der Waals surface area contributed by atoms with Crippen LogP contribution in [0.3, 0.4) is 0 Å². The summed E-state index contributed by atoms with van der Waals surface area (Å²) in [6.45, 7) is 6.60. The molecule has 0 aliphatic heterocycles. The van der Waals surface area contributed by atoms with Gasteiger partial charge in [0, 0.05) is 12.6 Å². The van der Waals surface area contributed by atoms with Crippen LogP contribution in [-0.2, 0) is 4.79 Å². The Morgan fingerprint density at radius 3 is 2.62 bits per heavy atom. The molecule has 13 heavy (non-hydrogen) atoms. The van der Waals surface area contributed by atoms with Crippen LogP contribution in [0, 0.1) is 5.92 Å². The van der Waals surface area contributed by atoms with Gasteiger partial charge in [0.15, 0.2) is 0 Å². The van der Waals surface area contributed by atoms with Crippen LogP contribution in [-0.4, -0.2) is 23.7 Å². The van der Waals surface area contributed by atoms with Crippen molar-refractivity contribution in [1.29, 1.82) is 0 Å². The third kappa shape index (κ3) is 7.53. The molecule has 0 saturated heterocycles. The van der Waals surface area contributed by atoms with Gasteiger partial charge in [0.05, 0.1) is 6.10 Å². The third-order valence-electron chi connectivity index (χ3n) is 1.57. The summed E-state index contributed by atoms with van der Waals surface area (Å²) in [7, 11) is 0. The molecule has 3 nitrogen and oxygen atoms in total. The van der Waals surface area contributed by atoms with E-state index in [2.05, 4.69) is 5.32 Å². The molecule has 0 aromatic heterocycles. The molecule has 1 atom stereocenters. The first-order chi connectivity index (χ1) is 6.06. The predicted molar refractivity (Wildman–Crippen MR) is 53.3 cm³/mol. The molecule has 0 aromatic carbocycles. The maximum atomic E-state index is 11.1. The van der Waals surface area contributed by atoms with E-state index >= 15 is 0 Å². The van der Waals surface area contributed by atoms with E-state index in [1.165, 1.54) is 12.2 Å². The summed E-state index contributed by atoms with van der Waals surface area (Å²) in [5, 5.41) is 11.8. The lowest BCUT2D eigenvalue weighted by atomic mass is 10.2. The maximum absolute atomic E-state index is 11.1. The molecule has 0 radical (unpaired) electrons. The summed E-state index contributed by atoms with van der Waals surface area (Å²) in [6, 6.07) is 0.